The predicted octanol–water partition coefficient (Wildman–Crippen LogP) is 2.37. The van der Waals surface area contributed by atoms with Gasteiger partial charge >= 0.3 is 0 Å². The average molecular weight is 332 g/mol. The van der Waals surface area contributed by atoms with Gasteiger partial charge in [0.05, 0.1) is 3.79 Å². The molecular weight excluding hydrogens is 310 g/mol. The molecule has 102 valence electrons. The Labute approximate surface area is 122 Å². The van der Waals surface area contributed by atoms with Crippen LogP contribution in [0.25, 0.3) is 0 Å². The summed E-state index contributed by atoms with van der Waals surface area (Å²) in [6, 6.07) is 5.08. The average Bonchev–Trinajstić information content (AvgIpc) is 2.76. The first kappa shape index (κ1) is 14.5. The summed E-state index contributed by atoms with van der Waals surface area (Å²) in [5.41, 5.74) is 5.60. The molecular formula is C13H22BrN3S. The van der Waals surface area contributed by atoms with Crippen LogP contribution in [0.2, 0.25) is 0 Å². The normalized spacial score (nSPS) is 18.7. The Balaban J connectivity index is 1.78. The van der Waals surface area contributed by atoms with Crippen LogP contribution >= 0.6 is 27.3 Å². The first-order chi connectivity index (χ1) is 8.69. The highest BCUT2D eigenvalue weighted by molar-refractivity contribution is 9.11. The molecule has 0 bridgehead atoms. The van der Waals surface area contributed by atoms with Gasteiger partial charge in [-0.2, -0.15) is 0 Å². The van der Waals surface area contributed by atoms with Gasteiger partial charge in [-0.3, -0.25) is 4.90 Å². The lowest BCUT2D eigenvalue weighted by atomic mass is 10.0. The molecule has 1 aliphatic rings. The van der Waals surface area contributed by atoms with Gasteiger partial charge in [0.25, 0.3) is 0 Å². The topological polar surface area (TPSA) is 32.5 Å². The van der Waals surface area contributed by atoms with Crippen LogP contribution in [-0.2, 0) is 6.54 Å². The molecule has 1 aromatic rings. The summed E-state index contributed by atoms with van der Waals surface area (Å²) in [4.78, 5) is 6.41. The summed E-state index contributed by atoms with van der Waals surface area (Å²) in [6.07, 6.45) is 2.53. The van der Waals surface area contributed by atoms with Crippen molar-refractivity contribution in [1.82, 2.24) is 9.80 Å². The van der Waals surface area contributed by atoms with E-state index in [0.717, 1.165) is 25.7 Å². The monoisotopic (exact) mass is 331 g/mol. The van der Waals surface area contributed by atoms with Gasteiger partial charge in [-0.05, 0) is 61.0 Å². The second-order valence-corrected chi connectivity index (χ2v) is 7.53. The van der Waals surface area contributed by atoms with Crippen molar-refractivity contribution < 1.29 is 0 Å². The molecule has 0 amide bonds. The number of hydrogen-bond donors (Lipinski definition) is 1. The van der Waals surface area contributed by atoms with Gasteiger partial charge in [-0.15, -0.1) is 11.3 Å². The number of rotatable bonds is 5. The molecule has 1 fully saturated rings. The SMILES string of the molecule is CN(Cc1ccc(Br)s1)C1CCN(CCN)CC1. The minimum absolute atomic E-state index is 0.722. The van der Waals surface area contributed by atoms with E-state index >= 15 is 0 Å². The second kappa shape index (κ2) is 7.01. The van der Waals surface area contributed by atoms with E-state index in [9.17, 15) is 0 Å². The smallest absolute Gasteiger partial charge is 0.0701 e. The van der Waals surface area contributed by atoms with Crippen molar-refractivity contribution in [3.05, 3.63) is 20.8 Å². The van der Waals surface area contributed by atoms with Gasteiger partial charge in [-0.1, -0.05) is 0 Å². The van der Waals surface area contributed by atoms with E-state index in [2.05, 4.69) is 44.9 Å². The third-order valence-corrected chi connectivity index (χ3v) is 5.27. The molecule has 0 aliphatic carbocycles. The van der Waals surface area contributed by atoms with Gasteiger partial charge in [-0.25, -0.2) is 0 Å². The van der Waals surface area contributed by atoms with Gasteiger partial charge < -0.3 is 10.6 Å². The van der Waals surface area contributed by atoms with E-state index < -0.39 is 0 Å². The van der Waals surface area contributed by atoms with E-state index in [-0.39, 0.29) is 0 Å². The van der Waals surface area contributed by atoms with Crippen molar-refractivity contribution in [1.29, 1.82) is 0 Å². The zero-order chi connectivity index (χ0) is 13.0. The molecule has 18 heavy (non-hydrogen) atoms. The van der Waals surface area contributed by atoms with Crippen LogP contribution in [0.4, 0.5) is 0 Å². The van der Waals surface area contributed by atoms with Crippen molar-refractivity contribution in [3.8, 4) is 0 Å². The molecule has 1 aromatic heterocycles. The van der Waals surface area contributed by atoms with Crippen LogP contribution in [0.1, 0.15) is 17.7 Å². The van der Waals surface area contributed by atoms with Crippen molar-refractivity contribution in [2.24, 2.45) is 5.73 Å². The standard InChI is InChI=1S/C13H22BrN3S/c1-16(10-12-2-3-13(14)18-12)11-4-7-17(8-5-11)9-6-15/h2-3,11H,4-10,15H2,1H3. The maximum atomic E-state index is 5.60. The lowest BCUT2D eigenvalue weighted by molar-refractivity contribution is 0.126. The highest BCUT2D eigenvalue weighted by atomic mass is 79.9. The Hall–Kier alpha value is 0.0600. The fraction of sp³-hybridized carbons (Fsp3) is 0.692. The number of halogens is 1. The number of nitrogens with two attached hydrogens (primary N) is 1. The van der Waals surface area contributed by atoms with Crippen LogP contribution in [0.15, 0.2) is 15.9 Å². The molecule has 2 rings (SSSR count). The van der Waals surface area contributed by atoms with Crippen molar-refractivity contribution >= 4 is 27.3 Å². The third-order valence-electron chi connectivity index (χ3n) is 3.66. The molecule has 3 nitrogen and oxygen atoms in total. The number of likely N-dealkylation sites (tertiary alicyclic amines) is 1. The number of nitrogens with zero attached hydrogens (tertiary/aromatic N) is 2. The first-order valence-electron chi connectivity index (χ1n) is 6.56. The quantitative estimate of drug-likeness (QED) is 0.899. The minimum atomic E-state index is 0.722. The number of thiophene rings is 1. The van der Waals surface area contributed by atoms with Crippen LogP contribution in [0.3, 0.4) is 0 Å². The van der Waals surface area contributed by atoms with E-state index in [1.165, 1.54) is 34.6 Å². The zero-order valence-electron chi connectivity index (χ0n) is 10.9. The molecule has 5 heteroatoms. The molecule has 1 aliphatic heterocycles. The van der Waals surface area contributed by atoms with Crippen LogP contribution in [-0.4, -0.2) is 49.1 Å². The van der Waals surface area contributed by atoms with Crippen molar-refractivity contribution in [2.45, 2.75) is 25.4 Å². The lowest BCUT2D eigenvalue weighted by Crippen LogP contribution is -2.44. The van der Waals surface area contributed by atoms with Gasteiger partial charge in [0.1, 0.15) is 0 Å². The maximum absolute atomic E-state index is 5.60. The van der Waals surface area contributed by atoms with Crippen LogP contribution < -0.4 is 5.73 Å². The molecule has 1 saturated heterocycles. The highest BCUT2D eigenvalue weighted by Crippen LogP contribution is 2.25. The van der Waals surface area contributed by atoms with Crippen molar-refractivity contribution in [2.75, 3.05) is 33.2 Å². The Bertz CT molecular complexity index is 361. The first-order valence-corrected chi connectivity index (χ1v) is 8.17. The van der Waals surface area contributed by atoms with Gasteiger partial charge in [0.2, 0.25) is 0 Å². The Morgan fingerprint density at radius 1 is 1.44 bits per heavy atom. The molecule has 0 atom stereocenters. The largest absolute Gasteiger partial charge is 0.329 e. The molecule has 2 heterocycles. The molecule has 0 unspecified atom stereocenters. The number of hydrogen-bond acceptors (Lipinski definition) is 4. The summed E-state index contributed by atoms with van der Waals surface area (Å²) >= 11 is 5.36. The highest BCUT2D eigenvalue weighted by Gasteiger charge is 2.22. The van der Waals surface area contributed by atoms with E-state index in [1.54, 1.807) is 0 Å². The fourth-order valence-corrected chi connectivity index (χ4v) is 4.12. The predicted molar refractivity (Wildman–Crippen MR) is 82.0 cm³/mol. The molecule has 2 N–H and O–H groups in total. The van der Waals surface area contributed by atoms with Crippen LogP contribution in [0.5, 0.6) is 0 Å². The van der Waals surface area contributed by atoms with E-state index in [4.69, 9.17) is 5.73 Å². The summed E-state index contributed by atoms with van der Waals surface area (Å²) in [5.74, 6) is 0. The minimum Gasteiger partial charge on any atom is -0.329 e. The second-order valence-electron chi connectivity index (χ2n) is 4.98. The Kier molecular flexibility index (Phi) is 5.63. The third kappa shape index (κ3) is 4.03. The van der Waals surface area contributed by atoms with E-state index in [1.807, 2.05) is 11.3 Å². The Morgan fingerprint density at radius 3 is 2.72 bits per heavy atom. The molecule has 0 aromatic carbocycles. The molecule has 0 saturated carbocycles. The zero-order valence-corrected chi connectivity index (χ0v) is 13.3. The van der Waals surface area contributed by atoms with Gasteiger partial charge in [0.15, 0.2) is 0 Å². The summed E-state index contributed by atoms with van der Waals surface area (Å²) in [5, 5.41) is 0. The summed E-state index contributed by atoms with van der Waals surface area (Å²) < 4.78 is 1.23. The fourth-order valence-electron chi connectivity index (χ4n) is 2.58. The molecule has 0 radical (unpaired) electrons. The van der Waals surface area contributed by atoms with E-state index in [0.29, 0.717) is 0 Å². The summed E-state index contributed by atoms with van der Waals surface area (Å²) in [7, 11) is 2.25. The maximum Gasteiger partial charge on any atom is 0.0701 e. The van der Waals surface area contributed by atoms with Crippen LogP contribution in [0, 0.1) is 0 Å². The summed E-state index contributed by atoms with van der Waals surface area (Å²) in [6.45, 7) is 5.29. The van der Waals surface area contributed by atoms with Gasteiger partial charge in [0, 0.05) is 30.6 Å². The lowest BCUT2D eigenvalue weighted by Gasteiger charge is -2.36. The number of piperidine rings is 1. The molecule has 0 spiro atoms. The van der Waals surface area contributed by atoms with Crippen molar-refractivity contribution in [3.63, 3.8) is 0 Å². The Morgan fingerprint density at radius 2 is 2.17 bits per heavy atom.